The Balaban J connectivity index is 1.70. The standard InChI is InChI=1S/C23H32N6O4S/c1-23(2,3)22-26-19-12-18(6-7-20(19)28(22)14-16-8-10-33-11-9-16)27(5)34(31,32)29-15-17(13-25-29)21(30)24-4/h6-7,12-13,15-16H,8-11,14H2,1-5H3,(H,24,30). The van der Waals surface area contributed by atoms with Crippen LogP contribution in [0.1, 0.15) is 49.8 Å². The lowest BCUT2D eigenvalue weighted by atomic mass is 9.94. The number of carbonyl (C=O) groups excluding carboxylic acids is 1. The van der Waals surface area contributed by atoms with E-state index in [4.69, 9.17) is 9.72 Å². The number of imidazole rings is 1. The lowest BCUT2D eigenvalue weighted by Crippen LogP contribution is -2.32. The van der Waals surface area contributed by atoms with Gasteiger partial charge in [0, 0.05) is 39.3 Å². The van der Waals surface area contributed by atoms with E-state index < -0.39 is 16.1 Å². The number of benzene rings is 1. The lowest BCUT2D eigenvalue weighted by Gasteiger charge is -2.26. The second-order valence-corrected chi connectivity index (χ2v) is 11.5. The number of ether oxygens (including phenoxy) is 1. The normalized spacial score (nSPS) is 15.6. The average molecular weight is 489 g/mol. The summed E-state index contributed by atoms with van der Waals surface area (Å²) in [6, 6.07) is 5.49. The highest BCUT2D eigenvalue weighted by Gasteiger charge is 2.27. The zero-order valence-electron chi connectivity index (χ0n) is 20.3. The Morgan fingerprint density at radius 1 is 1.26 bits per heavy atom. The van der Waals surface area contributed by atoms with Crippen LogP contribution in [0, 0.1) is 5.92 Å². The van der Waals surface area contributed by atoms with Crippen LogP contribution in [0.5, 0.6) is 0 Å². The molecule has 3 aromatic rings. The number of hydrogen-bond acceptors (Lipinski definition) is 6. The van der Waals surface area contributed by atoms with Gasteiger partial charge in [0.05, 0.1) is 34.7 Å². The lowest BCUT2D eigenvalue weighted by molar-refractivity contribution is 0.0611. The zero-order valence-corrected chi connectivity index (χ0v) is 21.1. The maximum atomic E-state index is 13.1. The molecule has 0 saturated carbocycles. The summed E-state index contributed by atoms with van der Waals surface area (Å²) in [5.41, 5.74) is 2.17. The molecule has 34 heavy (non-hydrogen) atoms. The van der Waals surface area contributed by atoms with Crippen LogP contribution in [0.15, 0.2) is 30.6 Å². The van der Waals surface area contributed by atoms with E-state index in [1.165, 1.54) is 26.5 Å². The van der Waals surface area contributed by atoms with Crippen LogP contribution < -0.4 is 9.62 Å². The Kier molecular flexibility index (Phi) is 6.43. The number of aromatic nitrogens is 4. The predicted octanol–water partition coefficient (Wildman–Crippen LogP) is 2.55. The minimum atomic E-state index is -4.03. The molecule has 1 fully saturated rings. The van der Waals surface area contributed by atoms with Crippen molar-refractivity contribution >= 4 is 32.8 Å². The van der Waals surface area contributed by atoms with Gasteiger partial charge in [0.2, 0.25) is 0 Å². The van der Waals surface area contributed by atoms with E-state index in [1.54, 1.807) is 12.1 Å². The molecule has 184 valence electrons. The van der Waals surface area contributed by atoms with Crippen LogP contribution in [0.25, 0.3) is 11.0 Å². The summed E-state index contributed by atoms with van der Waals surface area (Å²) in [5, 5.41) is 6.34. The van der Waals surface area contributed by atoms with Crippen molar-refractivity contribution in [2.75, 3.05) is 31.6 Å². The second kappa shape index (κ2) is 9.03. The zero-order chi connectivity index (χ0) is 24.7. The summed E-state index contributed by atoms with van der Waals surface area (Å²) < 4.78 is 36.0. The van der Waals surface area contributed by atoms with Crippen LogP contribution in [0.4, 0.5) is 5.69 Å². The van der Waals surface area contributed by atoms with E-state index in [0.29, 0.717) is 11.6 Å². The number of rotatable bonds is 6. The molecule has 3 heterocycles. The van der Waals surface area contributed by atoms with E-state index in [-0.39, 0.29) is 11.0 Å². The van der Waals surface area contributed by atoms with Gasteiger partial charge in [-0.1, -0.05) is 20.8 Å². The topological polar surface area (TPSA) is 111 Å². The highest BCUT2D eigenvalue weighted by molar-refractivity contribution is 7.91. The van der Waals surface area contributed by atoms with Gasteiger partial charge in [-0.15, -0.1) is 4.09 Å². The first-order valence-corrected chi connectivity index (χ1v) is 12.8. The number of nitrogens with one attached hydrogen (secondary N) is 1. The van der Waals surface area contributed by atoms with Gasteiger partial charge in [-0.25, -0.2) is 4.98 Å². The number of nitrogens with zero attached hydrogens (tertiary/aromatic N) is 5. The molecular weight excluding hydrogens is 456 g/mol. The number of carbonyl (C=O) groups is 1. The van der Waals surface area contributed by atoms with Gasteiger partial charge in [-0.05, 0) is 37.0 Å². The molecule has 1 N–H and O–H groups in total. The van der Waals surface area contributed by atoms with Crippen molar-refractivity contribution in [1.29, 1.82) is 0 Å². The van der Waals surface area contributed by atoms with E-state index in [1.807, 2.05) is 6.07 Å². The van der Waals surface area contributed by atoms with Crippen molar-refractivity contribution in [3.8, 4) is 0 Å². The van der Waals surface area contributed by atoms with Gasteiger partial charge < -0.3 is 14.6 Å². The minimum absolute atomic E-state index is 0.164. The number of fused-ring (bicyclic) bond motifs is 1. The Hall–Kier alpha value is -2.92. The predicted molar refractivity (Wildman–Crippen MR) is 130 cm³/mol. The quantitative estimate of drug-likeness (QED) is 0.571. The second-order valence-electron chi connectivity index (χ2n) is 9.68. The van der Waals surface area contributed by atoms with E-state index in [2.05, 4.69) is 35.8 Å². The number of amides is 1. The molecule has 0 aliphatic carbocycles. The molecule has 0 bridgehead atoms. The fraction of sp³-hybridized carbons (Fsp3) is 0.522. The van der Waals surface area contributed by atoms with Crippen LogP contribution >= 0.6 is 0 Å². The van der Waals surface area contributed by atoms with E-state index >= 15 is 0 Å². The summed E-state index contributed by atoms with van der Waals surface area (Å²) in [7, 11) is -1.09. The van der Waals surface area contributed by atoms with Gasteiger partial charge in [0.1, 0.15) is 5.82 Å². The molecule has 1 aliphatic heterocycles. The molecule has 1 aliphatic rings. The van der Waals surface area contributed by atoms with Crippen molar-refractivity contribution in [1.82, 2.24) is 24.1 Å². The van der Waals surface area contributed by atoms with Gasteiger partial charge in [-0.2, -0.15) is 13.5 Å². The Labute approximate surface area is 200 Å². The van der Waals surface area contributed by atoms with Crippen LogP contribution in [-0.4, -0.2) is 60.4 Å². The van der Waals surface area contributed by atoms with Crippen molar-refractivity contribution < 1.29 is 17.9 Å². The van der Waals surface area contributed by atoms with Gasteiger partial charge in [0.15, 0.2) is 0 Å². The molecule has 0 atom stereocenters. The monoisotopic (exact) mass is 488 g/mol. The molecule has 1 aromatic carbocycles. The smallest absolute Gasteiger partial charge is 0.345 e. The van der Waals surface area contributed by atoms with Crippen LogP contribution in [-0.2, 0) is 26.9 Å². The summed E-state index contributed by atoms with van der Waals surface area (Å²) in [4.78, 5) is 16.7. The van der Waals surface area contributed by atoms with Crippen molar-refractivity contribution in [3.63, 3.8) is 0 Å². The molecule has 1 amide bonds. The first kappa shape index (κ1) is 24.2. The van der Waals surface area contributed by atoms with Crippen LogP contribution in [0.2, 0.25) is 0 Å². The van der Waals surface area contributed by atoms with E-state index in [0.717, 1.165) is 57.9 Å². The molecular formula is C23H32N6O4S. The van der Waals surface area contributed by atoms with Crippen molar-refractivity contribution in [3.05, 3.63) is 42.0 Å². The maximum Gasteiger partial charge on any atom is 0.345 e. The molecule has 10 nitrogen and oxygen atoms in total. The average Bonchev–Trinajstić information content (AvgIpc) is 3.44. The van der Waals surface area contributed by atoms with Crippen molar-refractivity contribution in [2.24, 2.45) is 5.92 Å². The van der Waals surface area contributed by atoms with Gasteiger partial charge >= 0.3 is 10.2 Å². The number of anilines is 1. The molecule has 0 spiro atoms. The Morgan fingerprint density at radius 2 is 1.97 bits per heavy atom. The SMILES string of the molecule is CNC(=O)c1cnn(S(=O)(=O)N(C)c2ccc3c(c2)nc(C(C)(C)C)n3CC2CCOCC2)c1. The minimum Gasteiger partial charge on any atom is -0.381 e. The Bertz CT molecular complexity index is 1300. The fourth-order valence-corrected chi connectivity index (χ4v) is 5.25. The molecule has 2 aromatic heterocycles. The molecule has 0 unspecified atom stereocenters. The molecule has 11 heteroatoms. The molecule has 4 rings (SSSR count). The third-order valence-corrected chi connectivity index (χ3v) is 7.76. The molecule has 1 saturated heterocycles. The fourth-order valence-electron chi connectivity index (χ4n) is 4.21. The number of hydrogen-bond donors (Lipinski definition) is 1. The summed E-state index contributed by atoms with van der Waals surface area (Å²) in [5.74, 6) is 1.08. The van der Waals surface area contributed by atoms with Crippen LogP contribution in [0.3, 0.4) is 0 Å². The summed E-state index contributed by atoms with van der Waals surface area (Å²) in [6.07, 6.45) is 4.46. The third kappa shape index (κ3) is 4.54. The van der Waals surface area contributed by atoms with Gasteiger partial charge in [-0.3, -0.25) is 9.10 Å². The van der Waals surface area contributed by atoms with E-state index in [9.17, 15) is 13.2 Å². The van der Waals surface area contributed by atoms with Gasteiger partial charge in [0.25, 0.3) is 5.91 Å². The first-order chi connectivity index (χ1) is 16.0. The molecule has 0 radical (unpaired) electrons. The summed E-state index contributed by atoms with van der Waals surface area (Å²) in [6.45, 7) is 8.82. The first-order valence-electron chi connectivity index (χ1n) is 11.4. The largest absolute Gasteiger partial charge is 0.381 e. The Morgan fingerprint density at radius 3 is 2.62 bits per heavy atom. The highest BCUT2D eigenvalue weighted by atomic mass is 32.2. The third-order valence-electron chi connectivity index (χ3n) is 6.18. The summed E-state index contributed by atoms with van der Waals surface area (Å²) >= 11 is 0. The van der Waals surface area contributed by atoms with Crippen molar-refractivity contribution in [2.45, 2.75) is 45.6 Å². The maximum absolute atomic E-state index is 13.1. The highest BCUT2D eigenvalue weighted by Crippen LogP contribution is 2.31.